The van der Waals surface area contributed by atoms with Gasteiger partial charge in [0.05, 0.1) is 13.2 Å². The molecule has 0 bridgehead atoms. The van der Waals surface area contributed by atoms with E-state index in [-0.39, 0.29) is 5.97 Å². The summed E-state index contributed by atoms with van der Waals surface area (Å²) in [6.45, 7) is 5.08. The second kappa shape index (κ2) is 12.2. The van der Waals surface area contributed by atoms with Crippen LogP contribution in [0.1, 0.15) is 90.9 Å². The van der Waals surface area contributed by atoms with Gasteiger partial charge in [-0.3, -0.25) is 0 Å². The highest BCUT2D eigenvalue weighted by molar-refractivity contribution is 5.86. The third-order valence-corrected chi connectivity index (χ3v) is 4.65. The smallest absolute Gasteiger partial charge is 0.408 e. The fourth-order valence-electron chi connectivity index (χ4n) is 3.08. The number of nitrogens with one attached hydrogen (secondary N) is 1. The number of hydrogen-bond acceptors (Lipinski definition) is 4. The van der Waals surface area contributed by atoms with Crippen molar-refractivity contribution in [1.82, 2.24) is 5.32 Å². The van der Waals surface area contributed by atoms with E-state index in [1.165, 1.54) is 25.7 Å². The highest BCUT2D eigenvalue weighted by atomic mass is 16.6. The lowest BCUT2D eigenvalue weighted by Gasteiger charge is -2.27. The fourth-order valence-corrected chi connectivity index (χ4v) is 3.08. The van der Waals surface area contributed by atoms with Crippen molar-refractivity contribution in [2.24, 2.45) is 0 Å². The van der Waals surface area contributed by atoms with Gasteiger partial charge in [-0.05, 0) is 25.7 Å². The van der Waals surface area contributed by atoms with Crippen LogP contribution in [-0.4, -0.2) is 30.8 Å². The average Bonchev–Trinajstić information content (AvgIpc) is 3.04. The molecular formula is C19H35NO4. The Balaban J connectivity index is 2.28. The molecule has 1 amide bonds. The van der Waals surface area contributed by atoms with E-state index in [0.717, 1.165) is 38.5 Å². The minimum atomic E-state index is -0.869. The van der Waals surface area contributed by atoms with Gasteiger partial charge in [0.1, 0.15) is 5.54 Å². The Bertz CT molecular complexity index is 364. The van der Waals surface area contributed by atoms with Crippen LogP contribution in [0.4, 0.5) is 4.79 Å². The van der Waals surface area contributed by atoms with Crippen LogP contribution in [0.2, 0.25) is 0 Å². The number of hydrogen-bond donors (Lipinski definition) is 1. The molecule has 1 saturated carbocycles. The number of rotatable bonds is 12. The number of ether oxygens (including phenoxy) is 2. The van der Waals surface area contributed by atoms with Crippen LogP contribution in [0.3, 0.4) is 0 Å². The number of alkyl carbamates (subject to hydrolysis) is 1. The number of unbranched alkanes of at least 4 members (excludes halogenated alkanes) is 6. The third-order valence-electron chi connectivity index (χ3n) is 4.65. The summed E-state index contributed by atoms with van der Waals surface area (Å²) in [5.74, 6) is -0.301. The highest BCUT2D eigenvalue weighted by Crippen LogP contribution is 2.31. The van der Waals surface area contributed by atoms with E-state index < -0.39 is 11.6 Å². The van der Waals surface area contributed by atoms with Crippen LogP contribution in [-0.2, 0) is 14.3 Å². The zero-order valence-electron chi connectivity index (χ0n) is 15.5. The van der Waals surface area contributed by atoms with Crippen LogP contribution in [0, 0.1) is 0 Å². The van der Waals surface area contributed by atoms with Crippen molar-refractivity contribution in [3.63, 3.8) is 0 Å². The predicted octanol–water partition coefficient (Wildman–Crippen LogP) is 4.73. The van der Waals surface area contributed by atoms with E-state index in [1.807, 2.05) is 0 Å². The second-order valence-corrected chi connectivity index (χ2v) is 6.81. The fraction of sp³-hybridized carbons (Fsp3) is 0.895. The van der Waals surface area contributed by atoms with Gasteiger partial charge in [-0.15, -0.1) is 0 Å². The molecule has 0 aromatic heterocycles. The first-order valence-electron chi connectivity index (χ1n) is 9.77. The van der Waals surface area contributed by atoms with Gasteiger partial charge in [0, 0.05) is 0 Å². The maximum atomic E-state index is 12.4. The first-order valence-corrected chi connectivity index (χ1v) is 9.77. The molecule has 1 fully saturated rings. The third kappa shape index (κ3) is 7.54. The molecule has 0 unspecified atom stereocenters. The Morgan fingerprint density at radius 2 is 1.42 bits per heavy atom. The van der Waals surface area contributed by atoms with Gasteiger partial charge in [0.25, 0.3) is 0 Å². The number of amides is 1. The van der Waals surface area contributed by atoms with E-state index in [0.29, 0.717) is 26.1 Å². The van der Waals surface area contributed by atoms with Crippen molar-refractivity contribution in [1.29, 1.82) is 0 Å². The van der Waals surface area contributed by atoms with E-state index in [4.69, 9.17) is 9.47 Å². The summed E-state index contributed by atoms with van der Waals surface area (Å²) in [7, 11) is 0. The van der Waals surface area contributed by atoms with Gasteiger partial charge >= 0.3 is 12.1 Å². The molecule has 0 heterocycles. The van der Waals surface area contributed by atoms with Crippen molar-refractivity contribution in [3.05, 3.63) is 0 Å². The summed E-state index contributed by atoms with van der Waals surface area (Å²) in [5.41, 5.74) is -0.869. The number of carbonyl (C=O) groups excluding carboxylic acids is 2. The number of esters is 1. The van der Waals surface area contributed by atoms with Crippen molar-refractivity contribution in [2.45, 2.75) is 96.4 Å². The molecule has 0 spiro atoms. The minimum Gasteiger partial charge on any atom is -0.464 e. The monoisotopic (exact) mass is 341 g/mol. The standard InChI is InChI=1S/C19H35NO4/c1-3-5-7-8-9-12-16-24-18(22)20-19(13-10-11-14-19)17(21)23-15-6-4-2/h3-16H2,1-2H3,(H,20,22). The molecule has 1 aliphatic rings. The quantitative estimate of drug-likeness (QED) is 0.412. The summed E-state index contributed by atoms with van der Waals surface area (Å²) in [4.78, 5) is 24.4. The molecule has 0 radical (unpaired) electrons. The molecule has 0 saturated heterocycles. The predicted molar refractivity (Wildman–Crippen MR) is 94.9 cm³/mol. The molecule has 1 aliphatic carbocycles. The Morgan fingerprint density at radius 3 is 2.08 bits per heavy atom. The first kappa shape index (κ1) is 20.8. The van der Waals surface area contributed by atoms with Crippen LogP contribution in [0.5, 0.6) is 0 Å². The zero-order valence-corrected chi connectivity index (χ0v) is 15.5. The molecule has 0 atom stereocenters. The zero-order chi connectivity index (χ0) is 17.7. The van der Waals surface area contributed by atoms with Crippen molar-refractivity contribution >= 4 is 12.1 Å². The van der Waals surface area contributed by atoms with Gasteiger partial charge in [-0.2, -0.15) is 0 Å². The lowest BCUT2D eigenvalue weighted by Crippen LogP contribution is -2.53. The summed E-state index contributed by atoms with van der Waals surface area (Å²) in [6.07, 6.45) is 11.4. The highest BCUT2D eigenvalue weighted by Gasteiger charge is 2.44. The molecule has 1 rings (SSSR count). The summed E-state index contributed by atoms with van der Waals surface area (Å²) >= 11 is 0. The van der Waals surface area contributed by atoms with Gasteiger partial charge in [0.2, 0.25) is 0 Å². The minimum absolute atomic E-state index is 0.301. The van der Waals surface area contributed by atoms with Gasteiger partial charge < -0.3 is 14.8 Å². The van der Waals surface area contributed by atoms with E-state index in [9.17, 15) is 9.59 Å². The summed E-state index contributed by atoms with van der Waals surface area (Å²) < 4.78 is 10.6. The molecule has 5 heteroatoms. The normalized spacial score (nSPS) is 15.9. The average molecular weight is 341 g/mol. The van der Waals surface area contributed by atoms with E-state index in [1.54, 1.807) is 0 Å². The maximum absolute atomic E-state index is 12.4. The molecule has 1 N–H and O–H groups in total. The van der Waals surface area contributed by atoms with Crippen molar-refractivity contribution in [3.8, 4) is 0 Å². The number of carbonyl (C=O) groups is 2. The Morgan fingerprint density at radius 1 is 0.833 bits per heavy atom. The Kier molecular flexibility index (Phi) is 10.5. The van der Waals surface area contributed by atoms with Crippen LogP contribution in [0.15, 0.2) is 0 Å². The Labute approximate surface area is 146 Å². The lowest BCUT2D eigenvalue weighted by molar-refractivity contribution is -0.151. The van der Waals surface area contributed by atoms with Crippen LogP contribution >= 0.6 is 0 Å². The molecule has 0 aromatic carbocycles. The lowest BCUT2D eigenvalue weighted by atomic mass is 9.98. The van der Waals surface area contributed by atoms with Crippen molar-refractivity contribution < 1.29 is 19.1 Å². The topological polar surface area (TPSA) is 64.6 Å². The van der Waals surface area contributed by atoms with Gasteiger partial charge in [0.15, 0.2) is 0 Å². The van der Waals surface area contributed by atoms with Crippen LogP contribution in [0.25, 0.3) is 0 Å². The molecule has 5 nitrogen and oxygen atoms in total. The Hall–Kier alpha value is -1.26. The largest absolute Gasteiger partial charge is 0.464 e. The summed E-state index contributed by atoms with van der Waals surface area (Å²) in [5, 5.41) is 2.79. The summed E-state index contributed by atoms with van der Waals surface area (Å²) in [6, 6.07) is 0. The van der Waals surface area contributed by atoms with Gasteiger partial charge in [-0.1, -0.05) is 65.2 Å². The molecular weight excluding hydrogens is 306 g/mol. The van der Waals surface area contributed by atoms with Gasteiger partial charge in [-0.25, -0.2) is 9.59 Å². The maximum Gasteiger partial charge on any atom is 0.408 e. The molecule has 0 aromatic rings. The van der Waals surface area contributed by atoms with Crippen molar-refractivity contribution in [2.75, 3.05) is 13.2 Å². The second-order valence-electron chi connectivity index (χ2n) is 6.81. The first-order chi connectivity index (χ1) is 11.6. The van der Waals surface area contributed by atoms with Crippen LogP contribution < -0.4 is 5.32 Å². The molecule has 24 heavy (non-hydrogen) atoms. The van der Waals surface area contributed by atoms with E-state index in [2.05, 4.69) is 19.2 Å². The molecule has 0 aliphatic heterocycles. The SMILES string of the molecule is CCCCCCCCOC(=O)NC1(C(=O)OCCCC)CCCC1. The van der Waals surface area contributed by atoms with E-state index >= 15 is 0 Å². The molecule has 140 valence electrons.